The van der Waals surface area contributed by atoms with Crippen molar-refractivity contribution in [3.63, 3.8) is 0 Å². The van der Waals surface area contributed by atoms with Gasteiger partial charge in [-0.15, -0.1) is 0 Å². The predicted molar refractivity (Wildman–Crippen MR) is 86.4 cm³/mol. The highest BCUT2D eigenvalue weighted by Crippen LogP contribution is 2.18. The first-order valence-corrected chi connectivity index (χ1v) is 7.13. The van der Waals surface area contributed by atoms with Crippen LogP contribution in [0.1, 0.15) is 23.1 Å². The number of amides is 1. The van der Waals surface area contributed by atoms with Crippen LogP contribution in [-0.2, 0) is 6.42 Å². The lowest BCUT2D eigenvalue weighted by Crippen LogP contribution is -2.11. The highest BCUT2D eigenvalue weighted by Gasteiger charge is 2.09. The molecule has 0 saturated heterocycles. The maximum absolute atomic E-state index is 12.3. The van der Waals surface area contributed by atoms with E-state index in [1.165, 1.54) is 0 Å². The fraction of sp³-hybridized carbons (Fsp3) is 0.176. The number of methoxy groups -OCH3 is 1. The number of rotatable bonds is 4. The Kier molecular flexibility index (Phi) is 3.78. The highest BCUT2D eigenvalue weighted by atomic mass is 16.5. The SMILES string of the molecule is CCc1nc2ccc(C(=O)Nc3ccc(OC)cc3)cc2[nH]1. The molecule has 0 unspecified atom stereocenters. The summed E-state index contributed by atoms with van der Waals surface area (Å²) in [5.41, 5.74) is 3.07. The number of anilines is 1. The molecule has 22 heavy (non-hydrogen) atoms. The molecule has 0 bridgehead atoms. The third-order valence-corrected chi connectivity index (χ3v) is 3.48. The van der Waals surface area contributed by atoms with Gasteiger partial charge >= 0.3 is 0 Å². The summed E-state index contributed by atoms with van der Waals surface area (Å²) in [6.07, 6.45) is 0.835. The average molecular weight is 295 g/mol. The first-order chi connectivity index (χ1) is 10.7. The molecule has 5 nitrogen and oxygen atoms in total. The number of aryl methyl sites for hydroxylation is 1. The van der Waals surface area contributed by atoms with E-state index in [-0.39, 0.29) is 5.91 Å². The maximum Gasteiger partial charge on any atom is 0.255 e. The first-order valence-electron chi connectivity index (χ1n) is 7.13. The van der Waals surface area contributed by atoms with Gasteiger partial charge in [-0.3, -0.25) is 4.79 Å². The van der Waals surface area contributed by atoms with Gasteiger partial charge in [-0.2, -0.15) is 0 Å². The van der Waals surface area contributed by atoms with Crippen molar-refractivity contribution < 1.29 is 9.53 Å². The van der Waals surface area contributed by atoms with Crippen LogP contribution in [0.2, 0.25) is 0 Å². The third kappa shape index (κ3) is 2.79. The molecule has 0 aliphatic heterocycles. The summed E-state index contributed by atoms with van der Waals surface area (Å²) in [4.78, 5) is 20.0. The van der Waals surface area contributed by atoms with Crippen LogP contribution in [0, 0.1) is 0 Å². The monoisotopic (exact) mass is 295 g/mol. The van der Waals surface area contributed by atoms with Gasteiger partial charge in [-0.05, 0) is 42.5 Å². The number of nitrogens with zero attached hydrogens (tertiary/aromatic N) is 1. The van der Waals surface area contributed by atoms with Crippen LogP contribution in [-0.4, -0.2) is 23.0 Å². The molecule has 1 amide bonds. The fourth-order valence-corrected chi connectivity index (χ4v) is 2.25. The van der Waals surface area contributed by atoms with E-state index in [1.807, 2.05) is 19.1 Å². The largest absolute Gasteiger partial charge is 0.497 e. The second-order valence-electron chi connectivity index (χ2n) is 4.95. The van der Waals surface area contributed by atoms with E-state index >= 15 is 0 Å². The number of ether oxygens (including phenoxy) is 1. The Hall–Kier alpha value is -2.82. The van der Waals surface area contributed by atoms with Crippen LogP contribution in [0.25, 0.3) is 11.0 Å². The molecule has 112 valence electrons. The van der Waals surface area contributed by atoms with Crippen molar-refractivity contribution in [1.29, 1.82) is 0 Å². The quantitative estimate of drug-likeness (QED) is 0.775. The molecule has 0 saturated carbocycles. The van der Waals surface area contributed by atoms with Crippen LogP contribution in [0.5, 0.6) is 5.75 Å². The number of carbonyl (C=O) groups is 1. The molecule has 1 heterocycles. The number of fused-ring (bicyclic) bond motifs is 1. The number of benzene rings is 2. The van der Waals surface area contributed by atoms with Gasteiger partial charge in [0, 0.05) is 17.7 Å². The minimum atomic E-state index is -0.153. The van der Waals surface area contributed by atoms with Gasteiger partial charge in [0.05, 0.1) is 18.1 Å². The van der Waals surface area contributed by atoms with Crippen molar-refractivity contribution in [1.82, 2.24) is 9.97 Å². The van der Waals surface area contributed by atoms with Crippen LogP contribution in [0.15, 0.2) is 42.5 Å². The molecule has 3 rings (SSSR count). The van der Waals surface area contributed by atoms with Gasteiger partial charge < -0.3 is 15.0 Å². The topological polar surface area (TPSA) is 67.0 Å². The molecule has 5 heteroatoms. The summed E-state index contributed by atoms with van der Waals surface area (Å²) < 4.78 is 5.10. The van der Waals surface area contributed by atoms with Gasteiger partial charge in [0.25, 0.3) is 5.91 Å². The lowest BCUT2D eigenvalue weighted by molar-refractivity contribution is 0.102. The number of H-pyrrole nitrogens is 1. The summed E-state index contributed by atoms with van der Waals surface area (Å²) in [5.74, 6) is 1.52. The van der Waals surface area contributed by atoms with Gasteiger partial charge in [-0.1, -0.05) is 6.92 Å². The number of imidazole rings is 1. The summed E-state index contributed by atoms with van der Waals surface area (Å²) in [6.45, 7) is 2.04. The molecular weight excluding hydrogens is 278 g/mol. The van der Waals surface area contributed by atoms with Crippen molar-refractivity contribution in [2.45, 2.75) is 13.3 Å². The maximum atomic E-state index is 12.3. The first kappa shape index (κ1) is 14.1. The van der Waals surface area contributed by atoms with Crippen LogP contribution in [0.3, 0.4) is 0 Å². The predicted octanol–water partition coefficient (Wildman–Crippen LogP) is 3.39. The Morgan fingerprint density at radius 1 is 1.23 bits per heavy atom. The zero-order valence-corrected chi connectivity index (χ0v) is 12.5. The van der Waals surface area contributed by atoms with Gasteiger partial charge in [0.2, 0.25) is 0 Å². The number of aromatic nitrogens is 2. The van der Waals surface area contributed by atoms with E-state index < -0.39 is 0 Å². The lowest BCUT2D eigenvalue weighted by atomic mass is 10.2. The standard InChI is InChI=1S/C17H17N3O2/c1-3-16-19-14-9-4-11(10-15(14)20-16)17(21)18-12-5-7-13(22-2)8-6-12/h4-10H,3H2,1-2H3,(H,18,21)(H,19,20). The van der Waals surface area contributed by atoms with E-state index in [0.717, 1.165) is 34.7 Å². The number of aromatic amines is 1. The smallest absolute Gasteiger partial charge is 0.255 e. The van der Waals surface area contributed by atoms with Gasteiger partial charge in [0.15, 0.2) is 0 Å². The fourth-order valence-electron chi connectivity index (χ4n) is 2.25. The molecule has 0 atom stereocenters. The molecule has 0 aliphatic rings. The van der Waals surface area contributed by atoms with Gasteiger partial charge in [-0.25, -0.2) is 4.98 Å². The third-order valence-electron chi connectivity index (χ3n) is 3.48. The molecule has 1 aromatic heterocycles. The normalized spacial score (nSPS) is 10.6. The molecule has 2 aromatic carbocycles. The Morgan fingerprint density at radius 3 is 2.68 bits per heavy atom. The molecule has 3 aromatic rings. The molecule has 0 spiro atoms. The molecule has 0 fully saturated rings. The highest BCUT2D eigenvalue weighted by molar-refractivity contribution is 6.05. The van der Waals surface area contributed by atoms with E-state index in [4.69, 9.17) is 4.74 Å². The Balaban J connectivity index is 1.81. The average Bonchev–Trinajstić information content (AvgIpc) is 2.97. The zero-order chi connectivity index (χ0) is 15.5. The summed E-state index contributed by atoms with van der Waals surface area (Å²) in [5, 5.41) is 2.87. The number of carbonyl (C=O) groups excluding carboxylic acids is 1. The van der Waals surface area contributed by atoms with E-state index in [0.29, 0.717) is 5.56 Å². The number of hydrogen-bond donors (Lipinski definition) is 2. The second-order valence-corrected chi connectivity index (χ2v) is 4.95. The van der Waals surface area contributed by atoms with Crippen molar-refractivity contribution in [3.05, 3.63) is 53.9 Å². The zero-order valence-electron chi connectivity index (χ0n) is 12.5. The summed E-state index contributed by atoms with van der Waals surface area (Å²) in [7, 11) is 1.61. The summed E-state index contributed by atoms with van der Waals surface area (Å²) >= 11 is 0. The van der Waals surface area contributed by atoms with Crippen molar-refractivity contribution in [2.75, 3.05) is 12.4 Å². The molecule has 0 aliphatic carbocycles. The van der Waals surface area contributed by atoms with Gasteiger partial charge in [0.1, 0.15) is 11.6 Å². The van der Waals surface area contributed by atoms with E-state index in [1.54, 1.807) is 37.4 Å². The number of hydrogen-bond acceptors (Lipinski definition) is 3. The minimum absolute atomic E-state index is 0.153. The van der Waals surface area contributed by atoms with E-state index in [2.05, 4.69) is 15.3 Å². The Bertz CT molecular complexity index is 806. The molecule has 2 N–H and O–H groups in total. The molecule has 0 radical (unpaired) electrons. The Morgan fingerprint density at radius 2 is 2.00 bits per heavy atom. The molecular formula is C17H17N3O2. The van der Waals surface area contributed by atoms with Crippen molar-refractivity contribution in [3.8, 4) is 5.75 Å². The van der Waals surface area contributed by atoms with Crippen molar-refractivity contribution >= 4 is 22.6 Å². The number of nitrogens with one attached hydrogen (secondary N) is 2. The van der Waals surface area contributed by atoms with Crippen LogP contribution in [0.4, 0.5) is 5.69 Å². The second kappa shape index (κ2) is 5.89. The minimum Gasteiger partial charge on any atom is -0.497 e. The lowest BCUT2D eigenvalue weighted by Gasteiger charge is -2.06. The van der Waals surface area contributed by atoms with Crippen molar-refractivity contribution in [2.24, 2.45) is 0 Å². The summed E-state index contributed by atoms with van der Waals surface area (Å²) in [6, 6.07) is 12.7. The van der Waals surface area contributed by atoms with Crippen LogP contribution < -0.4 is 10.1 Å². The van der Waals surface area contributed by atoms with Crippen LogP contribution >= 0.6 is 0 Å². The Labute approximate surface area is 128 Å². The van der Waals surface area contributed by atoms with E-state index in [9.17, 15) is 4.79 Å².